The third kappa shape index (κ3) is 6.17. The van der Waals surface area contributed by atoms with Crippen molar-refractivity contribution in [1.29, 1.82) is 0 Å². The lowest BCUT2D eigenvalue weighted by Gasteiger charge is -2.24. The largest absolute Gasteiger partial charge is 0.491 e. The van der Waals surface area contributed by atoms with Crippen LogP contribution in [-0.2, 0) is 19.6 Å². The van der Waals surface area contributed by atoms with E-state index in [0.717, 1.165) is 6.26 Å². The molecular formula is C18H28N2O5S. The number of benzene rings is 1. The molecule has 1 aliphatic heterocycles. The lowest BCUT2D eigenvalue weighted by molar-refractivity contribution is -0.127. The Kier molecular flexibility index (Phi) is 7.28. The molecule has 146 valence electrons. The van der Waals surface area contributed by atoms with Crippen molar-refractivity contribution in [3.8, 4) is 5.75 Å². The van der Waals surface area contributed by atoms with Gasteiger partial charge in [-0.25, -0.2) is 8.42 Å². The minimum atomic E-state index is -3.46. The Morgan fingerprint density at radius 2 is 1.88 bits per heavy atom. The minimum absolute atomic E-state index is 0.0394. The second-order valence-corrected chi connectivity index (χ2v) is 8.58. The number of amides is 1. The van der Waals surface area contributed by atoms with Crippen LogP contribution in [0.15, 0.2) is 24.3 Å². The van der Waals surface area contributed by atoms with Crippen LogP contribution in [0, 0.1) is 5.92 Å². The van der Waals surface area contributed by atoms with Crippen molar-refractivity contribution >= 4 is 21.6 Å². The molecule has 1 N–H and O–H groups in total. The molecular weight excluding hydrogens is 356 g/mol. The second kappa shape index (κ2) is 9.23. The Labute approximate surface area is 155 Å². The van der Waals surface area contributed by atoms with Crippen molar-refractivity contribution in [3.05, 3.63) is 24.3 Å². The molecule has 7 nitrogen and oxygen atoms in total. The summed E-state index contributed by atoms with van der Waals surface area (Å²) in [6.45, 7) is 5.48. The summed E-state index contributed by atoms with van der Waals surface area (Å²) < 4.78 is 36.4. The number of ether oxygens (including phenoxy) is 2. The molecule has 0 aliphatic carbocycles. The Morgan fingerprint density at radius 1 is 1.27 bits per heavy atom. The molecule has 0 spiro atoms. The van der Waals surface area contributed by atoms with Gasteiger partial charge in [0.05, 0.1) is 24.6 Å². The maximum Gasteiger partial charge on any atom is 0.232 e. The molecule has 0 aromatic heterocycles. The van der Waals surface area contributed by atoms with Crippen LogP contribution in [0.25, 0.3) is 0 Å². The standard InChI is InChI=1S/C18H28N2O5S/c1-14(2)25-17-6-4-16(5-7-17)20(26(3,22)23)11-10-19-18(21)15-8-12-24-13-9-15/h4-7,14-15H,8-13H2,1-3H3,(H,19,21). The predicted octanol–water partition coefficient (Wildman–Crippen LogP) is 1.78. The zero-order chi connectivity index (χ0) is 19.2. The Bertz CT molecular complexity index is 682. The van der Waals surface area contributed by atoms with E-state index in [2.05, 4.69) is 5.32 Å². The Balaban J connectivity index is 1.96. The first kappa shape index (κ1) is 20.5. The van der Waals surface area contributed by atoms with Crippen LogP contribution < -0.4 is 14.4 Å². The van der Waals surface area contributed by atoms with Crippen LogP contribution in [0.2, 0.25) is 0 Å². The summed E-state index contributed by atoms with van der Waals surface area (Å²) in [7, 11) is -3.46. The van der Waals surface area contributed by atoms with E-state index in [9.17, 15) is 13.2 Å². The van der Waals surface area contributed by atoms with Crippen molar-refractivity contribution < 1.29 is 22.7 Å². The van der Waals surface area contributed by atoms with Gasteiger partial charge in [-0.15, -0.1) is 0 Å². The zero-order valence-electron chi connectivity index (χ0n) is 15.6. The van der Waals surface area contributed by atoms with Gasteiger partial charge in [0.1, 0.15) is 5.75 Å². The van der Waals surface area contributed by atoms with Gasteiger partial charge in [-0.3, -0.25) is 9.10 Å². The number of hydrogen-bond acceptors (Lipinski definition) is 5. The van der Waals surface area contributed by atoms with E-state index in [1.807, 2.05) is 13.8 Å². The van der Waals surface area contributed by atoms with Crippen molar-refractivity contribution in [3.63, 3.8) is 0 Å². The van der Waals surface area contributed by atoms with Crippen LogP contribution in [0.1, 0.15) is 26.7 Å². The maximum atomic E-state index is 12.2. The third-order valence-corrected chi connectivity index (χ3v) is 5.30. The van der Waals surface area contributed by atoms with E-state index in [-0.39, 0.29) is 31.0 Å². The van der Waals surface area contributed by atoms with E-state index in [1.54, 1.807) is 24.3 Å². The molecule has 1 amide bonds. The van der Waals surface area contributed by atoms with E-state index < -0.39 is 10.0 Å². The summed E-state index contributed by atoms with van der Waals surface area (Å²) in [5, 5.41) is 2.84. The first-order valence-electron chi connectivity index (χ1n) is 8.87. The number of nitrogens with one attached hydrogen (secondary N) is 1. The smallest absolute Gasteiger partial charge is 0.232 e. The fourth-order valence-electron chi connectivity index (χ4n) is 2.83. The fourth-order valence-corrected chi connectivity index (χ4v) is 3.76. The third-order valence-electron chi connectivity index (χ3n) is 4.10. The highest BCUT2D eigenvalue weighted by Gasteiger charge is 2.22. The number of hydrogen-bond donors (Lipinski definition) is 1. The van der Waals surface area contributed by atoms with Gasteiger partial charge in [-0.1, -0.05) is 0 Å². The molecule has 8 heteroatoms. The van der Waals surface area contributed by atoms with Crippen LogP contribution in [0.3, 0.4) is 0 Å². The Morgan fingerprint density at radius 3 is 2.42 bits per heavy atom. The molecule has 1 aromatic carbocycles. The molecule has 0 atom stereocenters. The number of carbonyl (C=O) groups is 1. The van der Waals surface area contributed by atoms with Gasteiger partial charge in [-0.05, 0) is 51.0 Å². The summed E-state index contributed by atoms with van der Waals surface area (Å²) in [5.41, 5.74) is 0.545. The van der Waals surface area contributed by atoms with Gasteiger partial charge in [0.2, 0.25) is 15.9 Å². The van der Waals surface area contributed by atoms with E-state index in [0.29, 0.717) is 37.5 Å². The number of sulfonamides is 1. The molecule has 0 radical (unpaired) electrons. The predicted molar refractivity (Wildman–Crippen MR) is 101 cm³/mol. The molecule has 26 heavy (non-hydrogen) atoms. The molecule has 1 fully saturated rings. The molecule has 0 bridgehead atoms. The lowest BCUT2D eigenvalue weighted by Crippen LogP contribution is -2.41. The summed E-state index contributed by atoms with van der Waals surface area (Å²) in [6.07, 6.45) is 2.62. The average Bonchev–Trinajstić information content (AvgIpc) is 2.59. The van der Waals surface area contributed by atoms with Crippen LogP contribution in [0.4, 0.5) is 5.69 Å². The van der Waals surface area contributed by atoms with Gasteiger partial charge in [0.25, 0.3) is 0 Å². The summed E-state index contributed by atoms with van der Waals surface area (Å²) >= 11 is 0. The van der Waals surface area contributed by atoms with E-state index in [1.165, 1.54) is 4.31 Å². The number of carbonyl (C=O) groups excluding carboxylic acids is 1. The molecule has 1 aliphatic rings. The molecule has 1 heterocycles. The van der Waals surface area contributed by atoms with E-state index in [4.69, 9.17) is 9.47 Å². The highest BCUT2D eigenvalue weighted by Crippen LogP contribution is 2.22. The van der Waals surface area contributed by atoms with E-state index >= 15 is 0 Å². The number of nitrogens with zero attached hydrogens (tertiary/aromatic N) is 1. The lowest BCUT2D eigenvalue weighted by atomic mass is 9.99. The quantitative estimate of drug-likeness (QED) is 0.739. The van der Waals surface area contributed by atoms with Gasteiger partial charge < -0.3 is 14.8 Å². The van der Waals surface area contributed by atoms with Gasteiger partial charge in [-0.2, -0.15) is 0 Å². The fraction of sp³-hybridized carbons (Fsp3) is 0.611. The topological polar surface area (TPSA) is 84.9 Å². The maximum absolute atomic E-state index is 12.2. The van der Waals surface area contributed by atoms with Gasteiger partial charge in [0.15, 0.2) is 0 Å². The summed E-state index contributed by atoms with van der Waals surface area (Å²) in [5.74, 6) is 0.593. The molecule has 0 unspecified atom stereocenters. The monoisotopic (exact) mass is 384 g/mol. The van der Waals surface area contributed by atoms with Crippen LogP contribution in [0.5, 0.6) is 5.75 Å². The van der Waals surface area contributed by atoms with Crippen molar-refractivity contribution in [2.24, 2.45) is 5.92 Å². The Hall–Kier alpha value is -1.80. The van der Waals surface area contributed by atoms with Crippen molar-refractivity contribution in [2.75, 3.05) is 36.9 Å². The van der Waals surface area contributed by atoms with Crippen LogP contribution >= 0.6 is 0 Å². The highest BCUT2D eigenvalue weighted by atomic mass is 32.2. The minimum Gasteiger partial charge on any atom is -0.491 e. The molecule has 2 rings (SSSR count). The van der Waals surface area contributed by atoms with Crippen molar-refractivity contribution in [1.82, 2.24) is 5.32 Å². The SMILES string of the molecule is CC(C)Oc1ccc(N(CCNC(=O)C2CCOCC2)S(C)(=O)=O)cc1. The zero-order valence-corrected chi connectivity index (χ0v) is 16.4. The molecule has 1 aromatic rings. The summed E-state index contributed by atoms with van der Waals surface area (Å²) in [6, 6.07) is 6.90. The highest BCUT2D eigenvalue weighted by molar-refractivity contribution is 7.92. The van der Waals surface area contributed by atoms with Gasteiger partial charge in [0, 0.05) is 25.7 Å². The normalized spacial score (nSPS) is 15.7. The van der Waals surface area contributed by atoms with Gasteiger partial charge >= 0.3 is 0 Å². The average molecular weight is 384 g/mol. The van der Waals surface area contributed by atoms with Crippen molar-refractivity contribution in [2.45, 2.75) is 32.8 Å². The summed E-state index contributed by atoms with van der Waals surface area (Å²) in [4.78, 5) is 12.2. The first-order chi connectivity index (χ1) is 12.3. The number of anilines is 1. The first-order valence-corrected chi connectivity index (χ1v) is 10.7. The van der Waals surface area contributed by atoms with Crippen LogP contribution in [-0.4, -0.2) is 53.0 Å². The second-order valence-electron chi connectivity index (χ2n) is 6.67. The molecule has 1 saturated heterocycles. The molecule has 0 saturated carbocycles. The number of rotatable bonds is 8.